The van der Waals surface area contributed by atoms with Crippen LogP contribution >= 0.6 is 0 Å². The number of methoxy groups -OCH3 is 1. The summed E-state index contributed by atoms with van der Waals surface area (Å²) >= 11 is 0. The molecule has 0 unspecified atom stereocenters. The van der Waals surface area contributed by atoms with Gasteiger partial charge in [0, 0.05) is 17.8 Å². The Hall–Kier alpha value is -4.60. The van der Waals surface area contributed by atoms with Crippen molar-refractivity contribution in [1.82, 2.24) is 20.3 Å². The zero-order valence-corrected chi connectivity index (χ0v) is 23.2. The lowest BCUT2D eigenvalue weighted by molar-refractivity contribution is -0.128. The lowest BCUT2D eigenvalue weighted by atomic mass is 9.94. The van der Waals surface area contributed by atoms with Crippen molar-refractivity contribution in [1.29, 1.82) is 0 Å². The molecule has 1 saturated carbocycles. The highest BCUT2D eigenvalue weighted by Gasteiger charge is 2.38. The summed E-state index contributed by atoms with van der Waals surface area (Å²) in [6.45, 7) is 1.87. The standard InChI is InChI=1S/C31H33N5O5/c1-20(36-26-11-7-6-10-25(26)33-34-36)31(38)35(23-14-17-27-28(18-23)41-19-40-27)29(21-12-15-24(39-2)16-13-21)30(37)32-22-8-4-3-5-9-22/h6-7,10-18,20,22,29H,3-5,8-9,19H2,1-2H3,(H,32,37)/t20-,29-/m1/s1. The van der Waals surface area contributed by atoms with Crippen molar-refractivity contribution in [3.05, 3.63) is 72.3 Å². The number of fused-ring (bicyclic) bond motifs is 2. The summed E-state index contributed by atoms with van der Waals surface area (Å²) in [7, 11) is 1.59. The quantitative estimate of drug-likeness (QED) is 0.328. The summed E-state index contributed by atoms with van der Waals surface area (Å²) in [5.41, 5.74) is 2.58. The molecule has 4 aromatic rings. The third kappa shape index (κ3) is 5.29. The zero-order valence-electron chi connectivity index (χ0n) is 23.2. The Labute approximate surface area is 238 Å². The Balaban J connectivity index is 1.45. The van der Waals surface area contributed by atoms with Crippen LogP contribution in [0.15, 0.2) is 66.7 Å². The Kier molecular flexibility index (Phi) is 7.45. The average Bonchev–Trinajstić information content (AvgIpc) is 3.66. The number of hydrogen-bond donors (Lipinski definition) is 1. The lowest BCUT2D eigenvalue weighted by Gasteiger charge is -2.35. The minimum atomic E-state index is -0.965. The Morgan fingerprint density at radius 3 is 2.54 bits per heavy atom. The number of carbonyl (C=O) groups is 2. The topological polar surface area (TPSA) is 108 Å². The van der Waals surface area contributed by atoms with Crippen LogP contribution in [-0.2, 0) is 9.59 Å². The van der Waals surface area contributed by atoms with Crippen LogP contribution in [0, 0.1) is 0 Å². The van der Waals surface area contributed by atoms with E-state index in [1.807, 2.05) is 36.4 Å². The fourth-order valence-corrected chi connectivity index (χ4v) is 5.65. The van der Waals surface area contributed by atoms with Crippen molar-refractivity contribution in [2.75, 3.05) is 18.8 Å². The van der Waals surface area contributed by atoms with Gasteiger partial charge in [0.05, 0.1) is 12.6 Å². The molecule has 1 aliphatic carbocycles. The van der Waals surface area contributed by atoms with E-state index >= 15 is 0 Å². The number of para-hydroxylation sites is 1. The largest absolute Gasteiger partial charge is 0.497 e. The number of aromatic nitrogens is 3. The van der Waals surface area contributed by atoms with Gasteiger partial charge in [-0.3, -0.25) is 14.5 Å². The Morgan fingerprint density at radius 1 is 1.00 bits per heavy atom. The molecule has 10 heteroatoms. The third-order valence-corrected chi connectivity index (χ3v) is 7.86. The Morgan fingerprint density at radius 2 is 1.76 bits per heavy atom. The van der Waals surface area contributed by atoms with Crippen LogP contribution in [0.4, 0.5) is 5.69 Å². The summed E-state index contributed by atoms with van der Waals surface area (Å²) in [5.74, 6) is 1.19. The maximum atomic E-state index is 14.6. The third-order valence-electron chi connectivity index (χ3n) is 7.86. The van der Waals surface area contributed by atoms with Crippen molar-refractivity contribution in [2.24, 2.45) is 0 Å². The predicted molar refractivity (Wildman–Crippen MR) is 153 cm³/mol. The number of carbonyl (C=O) groups excluding carboxylic acids is 2. The fraction of sp³-hybridized carbons (Fsp3) is 0.355. The van der Waals surface area contributed by atoms with Gasteiger partial charge >= 0.3 is 0 Å². The van der Waals surface area contributed by atoms with Gasteiger partial charge in [-0.2, -0.15) is 0 Å². The SMILES string of the molecule is COc1ccc([C@H](C(=O)NC2CCCCC2)N(C(=O)[C@@H](C)n2nnc3ccccc32)c2ccc3c(c2)OCO3)cc1. The molecule has 1 aliphatic heterocycles. The monoisotopic (exact) mass is 555 g/mol. The van der Waals surface area contributed by atoms with Gasteiger partial charge in [-0.25, -0.2) is 4.68 Å². The first-order valence-electron chi connectivity index (χ1n) is 14.0. The van der Waals surface area contributed by atoms with E-state index in [1.165, 1.54) is 6.42 Å². The van der Waals surface area contributed by atoms with Gasteiger partial charge < -0.3 is 19.5 Å². The first-order valence-corrected chi connectivity index (χ1v) is 14.0. The van der Waals surface area contributed by atoms with Crippen molar-refractivity contribution in [2.45, 2.75) is 57.2 Å². The Bertz CT molecular complexity index is 1550. The molecule has 1 N–H and O–H groups in total. The molecule has 1 fully saturated rings. The second-order valence-corrected chi connectivity index (χ2v) is 10.5. The number of rotatable bonds is 8. The van der Waals surface area contributed by atoms with Crippen LogP contribution in [0.3, 0.4) is 0 Å². The van der Waals surface area contributed by atoms with Crippen LogP contribution in [0.2, 0.25) is 0 Å². The van der Waals surface area contributed by atoms with Crippen LogP contribution in [0.25, 0.3) is 11.0 Å². The van der Waals surface area contributed by atoms with Gasteiger partial charge in [0.1, 0.15) is 23.3 Å². The van der Waals surface area contributed by atoms with Gasteiger partial charge in [-0.1, -0.05) is 48.7 Å². The molecule has 6 rings (SSSR count). The van der Waals surface area contributed by atoms with E-state index in [2.05, 4.69) is 15.6 Å². The molecule has 2 aliphatic rings. The number of benzene rings is 3. The summed E-state index contributed by atoms with van der Waals surface area (Å²) in [5, 5.41) is 11.8. The molecule has 2 atom stereocenters. The van der Waals surface area contributed by atoms with Crippen LogP contribution in [0.1, 0.15) is 56.7 Å². The molecule has 0 radical (unpaired) electrons. The minimum absolute atomic E-state index is 0.0578. The molecular weight excluding hydrogens is 522 g/mol. The van der Waals surface area contributed by atoms with Gasteiger partial charge in [0.2, 0.25) is 12.7 Å². The molecule has 2 amide bonds. The first-order chi connectivity index (χ1) is 20.0. The number of nitrogens with one attached hydrogen (secondary N) is 1. The zero-order chi connectivity index (χ0) is 28.3. The average molecular weight is 556 g/mol. The molecular formula is C31H33N5O5. The second-order valence-electron chi connectivity index (χ2n) is 10.5. The predicted octanol–water partition coefficient (Wildman–Crippen LogP) is 4.95. The van der Waals surface area contributed by atoms with E-state index in [9.17, 15) is 9.59 Å². The van der Waals surface area contributed by atoms with Gasteiger partial charge in [0.15, 0.2) is 11.5 Å². The highest BCUT2D eigenvalue weighted by Crippen LogP contribution is 2.39. The number of hydrogen-bond acceptors (Lipinski definition) is 7. The van der Waals surface area contributed by atoms with Gasteiger partial charge in [-0.05, 0) is 61.7 Å². The second kappa shape index (κ2) is 11.5. The highest BCUT2D eigenvalue weighted by atomic mass is 16.7. The molecule has 2 heterocycles. The normalized spacial score (nSPS) is 16.2. The molecule has 0 spiro atoms. The number of amides is 2. The number of ether oxygens (including phenoxy) is 3. The molecule has 41 heavy (non-hydrogen) atoms. The van der Waals surface area contributed by atoms with Crippen LogP contribution in [-0.4, -0.2) is 46.8 Å². The molecule has 1 aromatic heterocycles. The molecule has 0 saturated heterocycles. The van der Waals surface area contributed by atoms with Crippen molar-refractivity contribution in [3.63, 3.8) is 0 Å². The number of anilines is 1. The van der Waals surface area contributed by atoms with E-state index in [1.54, 1.807) is 53.9 Å². The van der Waals surface area contributed by atoms with Gasteiger partial charge in [0.25, 0.3) is 5.91 Å². The van der Waals surface area contributed by atoms with E-state index in [4.69, 9.17) is 14.2 Å². The lowest BCUT2D eigenvalue weighted by Crippen LogP contribution is -2.48. The van der Waals surface area contributed by atoms with Crippen LogP contribution in [0.5, 0.6) is 17.2 Å². The molecule has 212 valence electrons. The maximum absolute atomic E-state index is 14.6. The van der Waals surface area contributed by atoms with Gasteiger partial charge in [-0.15, -0.1) is 5.10 Å². The summed E-state index contributed by atoms with van der Waals surface area (Å²) in [6, 6.07) is 18.3. The fourth-order valence-electron chi connectivity index (χ4n) is 5.65. The molecule has 10 nitrogen and oxygen atoms in total. The van der Waals surface area contributed by atoms with E-state index < -0.39 is 12.1 Å². The summed E-state index contributed by atoms with van der Waals surface area (Å²) in [4.78, 5) is 30.3. The van der Waals surface area contributed by atoms with E-state index in [0.29, 0.717) is 34.0 Å². The van der Waals surface area contributed by atoms with Crippen molar-refractivity contribution < 1.29 is 23.8 Å². The number of nitrogens with zero attached hydrogens (tertiary/aromatic N) is 4. The van der Waals surface area contributed by atoms with Crippen LogP contribution < -0.4 is 24.4 Å². The highest BCUT2D eigenvalue weighted by molar-refractivity contribution is 6.03. The van der Waals surface area contributed by atoms with Crippen molar-refractivity contribution in [3.8, 4) is 17.2 Å². The minimum Gasteiger partial charge on any atom is -0.497 e. The summed E-state index contributed by atoms with van der Waals surface area (Å²) < 4.78 is 18.1. The first kappa shape index (κ1) is 26.6. The van der Waals surface area contributed by atoms with Crippen molar-refractivity contribution >= 4 is 28.5 Å². The smallest absolute Gasteiger partial charge is 0.252 e. The maximum Gasteiger partial charge on any atom is 0.252 e. The molecule has 3 aromatic carbocycles. The molecule has 0 bridgehead atoms. The summed E-state index contributed by atoms with van der Waals surface area (Å²) in [6.07, 6.45) is 5.14. The van der Waals surface area contributed by atoms with E-state index in [-0.39, 0.29) is 24.6 Å². The van der Waals surface area contributed by atoms with E-state index in [0.717, 1.165) is 31.2 Å².